The van der Waals surface area contributed by atoms with Crippen molar-refractivity contribution in [2.24, 2.45) is 5.73 Å². The first kappa shape index (κ1) is 18.3. The Bertz CT molecular complexity index is 1250. The van der Waals surface area contributed by atoms with Crippen molar-refractivity contribution >= 4 is 21.7 Å². The van der Waals surface area contributed by atoms with E-state index in [4.69, 9.17) is 10.5 Å². The molecule has 142 valence electrons. The Morgan fingerprint density at radius 1 is 1.00 bits per heavy atom. The first-order valence-corrected chi connectivity index (χ1v) is 9.41. The lowest BCUT2D eigenvalue weighted by Crippen LogP contribution is -2.09. The fourth-order valence-corrected chi connectivity index (χ4v) is 3.97. The van der Waals surface area contributed by atoms with Gasteiger partial charge >= 0.3 is 0 Å². The maximum Gasteiger partial charge on any atom is 0.256 e. The van der Waals surface area contributed by atoms with E-state index in [1.165, 1.54) is 0 Å². The van der Waals surface area contributed by atoms with E-state index in [-0.39, 0.29) is 11.6 Å². The van der Waals surface area contributed by atoms with Gasteiger partial charge in [-0.3, -0.25) is 4.79 Å². The quantitative estimate of drug-likeness (QED) is 0.498. The molecule has 4 heteroatoms. The summed E-state index contributed by atoms with van der Waals surface area (Å²) in [7, 11) is 1.68. The van der Waals surface area contributed by atoms with Gasteiger partial charge in [0, 0.05) is 17.0 Å². The van der Waals surface area contributed by atoms with Crippen molar-refractivity contribution in [2.45, 2.75) is 26.8 Å². The molecule has 0 radical (unpaired) electrons. The highest BCUT2D eigenvalue weighted by atomic mass is 16.5. The van der Waals surface area contributed by atoms with Gasteiger partial charge < -0.3 is 15.5 Å². The van der Waals surface area contributed by atoms with Crippen LogP contribution in [0, 0.1) is 13.8 Å². The third-order valence-corrected chi connectivity index (χ3v) is 5.44. The summed E-state index contributed by atoms with van der Waals surface area (Å²) >= 11 is 0. The first-order valence-electron chi connectivity index (χ1n) is 9.41. The van der Waals surface area contributed by atoms with Crippen LogP contribution in [0.5, 0.6) is 5.75 Å². The number of aromatic amines is 1. The Morgan fingerprint density at radius 2 is 1.71 bits per heavy atom. The Balaban J connectivity index is 2.19. The summed E-state index contributed by atoms with van der Waals surface area (Å²) in [4.78, 5) is 15.9. The largest absolute Gasteiger partial charge is 0.496 e. The summed E-state index contributed by atoms with van der Waals surface area (Å²) in [6, 6.07) is 16.2. The molecule has 0 unspecified atom stereocenters. The van der Waals surface area contributed by atoms with E-state index in [0.717, 1.165) is 55.2 Å². The zero-order valence-electron chi connectivity index (χ0n) is 16.6. The number of pyridine rings is 1. The van der Waals surface area contributed by atoms with Crippen molar-refractivity contribution in [1.29, 1.82) is 0 Å². The predicted molar refractivity (Wildman–Crippen MR) is 116 cm³/mol. The minimum Gasteiger partial charge on any atom is -0.496 e. The van der Waals surface area contributed by atoms with Crippen LogP contribution in [0.3, 0.4) is 0 Å². The SMILES string of the molecule is COc1cc(C)c2[nH]c(=O)c3c(C)cccc3c2c1-c1ccc([C@@H](C)N)cc1. The number of rotatable bonds is 3. The number of nitrogens with two attached hydrogens (primary N) is 1. The number of nitrogens with one attached hydrogen (secondary N) is 1. The van der Waals surface area contributed by atoms with E-state index in [0.29, 0.717) is 0 Å². The molecule has 0 amide bonds. The number of aromatic nitrogens is 1. The molecule has 0 fully saturated rings. The summed E-state index contributed by atoms with van der Waals surface area (Å²) in [5.74, 6) is 0.786. The molecule has 1 aromatic heterocycles. The van der Waals surface area contributed by atoms with Crippen LogP contribution in [0.25, 0.3) is 32.8 Å². The molecule has 1 atom stereocenters. The van der Waals surface area contributed by atoms with Crippen LogP contribution < -0.4 is 16.0 Å². The average Bonchev–Trinajstić information content (AvgIpc) is 2.68. The summed E-state index contributed by atoms with van der Waals surface area (Å²) in [6.45, 7) is 5.93. The maximum absolute atomic E-state index is 12.8. The second-order valence-corrected chi connectivity index (χ2v) is 7.38. The van der Waals surface area contributed by atoms with Gasteiger partial charge in [-0.05, 0) is 54.5 Å². The van der Waals surface area contributed by atoms with Crippen LogP contribution in [0.1, 0.15) is 29.7 Å². The molecule has 4 nitrogen and oxygen atoms in total. The number of fused-ring (bicyclic) bond motifs is 3. The minimum atomic E-state index is -0.0629. The fraction of sp³-hybridized carbons (Fsp3) is 0.208. The zero-order valence-corrected chi connectivity index (χ0v) is 16.6. The lowest BCUT2D eigenvalue weighted by Gasteiger charge is -2.17. The van der Waals surface area contributed by atoms with Crippen LogP contribution in [-0.4, -0.2) is 12.1 Å². The second-order valence-electron chi connectivity index (χ2n) is 7.38. The molecule has 0 saturated carbocycles. The average molecular weight is 372 g/mol. The third kappa shape index (κ3) is 2.77. The molecule has 4 rings (SSSR count). The molecule has 4 aromatic rings. The summed E-state index contributed by atoms with van der Waals surface area (Å²) in [5, 5.41) is 2.66. The number of H-pyrrole nitrogens is 1. The van der Waals surface area contributed by atoms with Gasteiger partial charge in [-0.25, -0.2) is 0 Å². The molecule has 0 aliphatic heterocycles. The molecule has 1 heterocycles. The van der Waals surface area contributed by atoms with Gasteiger partial charge in [0.25, 0.3) is 5.56 Å². The molecule has 3 aromatic carbocycles. The van der Waals surface area contributed by atoms with Crippen LogP contribution in [-0.2, 0) is 0 Å². The molecular formula is C24H24N2O2. The predicted octanol–water partition coefficient (Wildman–Crippen LogP) is 4.99. The molecule has 0 aliphatic rings. The minimum absolute atomic E-state index is 0.0226. The standard InChI is InChI=1S/C24H24N2O2/c1-13-6-5-7-18-20(13)24(27)26-23-14(2)12-19(28-4)21(22(18)23)17-10-8-16(9-11-17)15(3)25/h5-12,15H,25H2,1-4H3,(H,26,27)/t15-/m1/s1. The highest BCUT2D eigenvalue weighted by Gasteiger charge is 2.18. The normalized spacial score (nSPS) is 12.5. The number of methoxy groups -OCH3 is 1. The number of aryl methyl sites for hydroxylation is 2. The van der Waals surface area contributed by atoms with E-state index in [9.17, 15) is 4.79 Å². The first-order chi connectivity index (χ1) is 13.4. The number of hydrogen-bond donors (Lipinski definition) is 2. The van der Waals surface area contributed by atoms with E-state index in [1.807, 2.05) is 57.2 Å². The van der Waals surface area contributed by atoms with Crippen molar-refractivity contribution in [3.63, 3.8) is 0 Å². The van der Waals surface area contributed by atoms with Gasteiger partial charge in [0.15, 0.2) is 0 Å². The maximum atomic E-state index is 12.8. The number of ether oxygens (including phenoxy) is 1. The van der Waals surface area contributed by atoms with Crippen molar-refractivity contribution in [3.05, 3.63) is 75.6 Å². The van der Waals surface area contributed by atoms with Crippen molar-refractivity contribution in [3.8, 4) is 16.9 Å². The Kier molecular flexibility index (Phi) is 4.44. The Labute approximate surface area is 164 Å². The Morgan fingerprint density at radius 3 is 2.36 bits per heavy atom. The van der Waals surface area contributed by atoms with Crippen molar-refractivity contribution < 1.29 is 4.74 Å². The Hall–Kier alpha value is -3.11. The monoisotopic (exact) mass is 372 g/mol. The highest BCUT2D eigenvalue weighted by molar-refractivity contribution is 6.15. The number of hydrogen-bond acceptors (Lipinski definition) is 3. The lowest BCUT2D eigenvalue weighted by atomic mass is 9.92. The van der Waals surface area contributed by atoms with E-state index in [1.54, 1.807) is 7.11 Å². The molecular weight excluding hydrogens is 348 g/mol. The van der Waals surface area contributed by atoms with Gasteiger partial charge in [-0.2, -0.15) is 0 Å². The van der Waals surface area contributed by atoms with Crippen molar-refractivity contribution in [1.82, 2.24) is 4.98 Å². The van der Waals surface area contributed by atoms with Gasteiger partial charge in [-0.15, -0.1) is 0 Å². The molecule has 0 aliphatic carbocycles. The molecule has 0 saturated heterocycles. The fourth-order valence-electron chi connectivity index (χ4n) is 3.97. The molecule has 0 bridgehead atoms. The topological polar surface area (TPSA) is 68.1 Å². The van der Waals surface area contributed by atoms with Crippen LogP contribution in [0.2, 0.25) is 0 Å². The van der Waals surface area contributed by atoms with Gasteiger partial charge in [-0.1, -0.05) is 42.5 Å². The summed E-state index contributed by atoms with van der Waals surface area (Å²) in [6.07, 6.45) is 0. The van der Waals surface area contributed by atoms with Crippen LogP contribution in [0.15, 0.2) is 53.3 Å². The second kappa shape index (κ2) is 6.80. The zero-order chi connectivity index (χ0) is 20.0. The van der Waals surface area contributed by atoms with E-state index < -0.39 is 0 Å². The van der Waals surface area contributed by atoms with Gasteiger partial charge in [0.2, 0.25) is 0 Å². The third-order valence-electron chi connectivity index (χ3n) is 5.44. The van der Waals surface area contributed by atoms with Gasteiger partial charge in [0.05, 0.1) is 18.0 Å². The molecule has 0 spiro atoms. The summed E-state index contributed by atoms with van der Waals surface area (Å²) < 4.78 is 5.76. The summed E-state index contributed by atoms with van der Waals surface area (Å²) in [5.41, 5.74) is 11.8. The van der Waals surface area contributed by atoms with Crippen molar-refractivity contribution in [2.75, 3.05) is 7.11 Å². The number of benzene rings is 3. The van der Waals surface area contributed by atoms with Crippen LogP contribution in [0.4, 0.5) is 0 Å². The lowest BCUT2D eigenvalue weighted by molar-refractivity contribution is 0.416. The smallest absolute Gasteiger partial charge is 0.256 e. The van der Waals surface area contributed by atoms with E-state index >= 15 is 0 Å². The molecule has 3 N–H and O–H groups in total. The van der Waals surface area contributed by atoms with Gasteiger partial charge in [0.1, 0.15) is 5.75 Å². The van der Waals surface area contributed by atoms with Crippen LogP contribution >= 0.6 is 0 Å². The molecule has 28 heavy (non-hydrogen) atoms. The highest BCUT2D eigenvalue weighted by Crippen LogP contribution is 2.41. The van der Waals surface area contributed by atoms with E-state index in [2.05, 4.69) is 17.1 Å².